The maximum Gasteiger partial charge on any atom is 0.280 e. The average Bonchev–Trinajstić information content (AvgIpc) is 3.22. The van der Waals surface area contributed by atoms with Crippen molar-refractivity contribution >= 4 is 11.7 Å². The summed E-state index contributed by atoms with van der Waals surface area (Å²) in [6.45, 7) is 1.33. The van der Waals surface area contributed by atoms with Gasteiger partial charge in [-0.25, -0.2) is 13.8 Å². The lowest BCUT2D eigenvalue weighted by Crippen LogP contribution is -2.40. The molecule has 1 saturated heterocycles. The molecule has 3 aliphatic rings. The molecule has 3 heterocycles. The van der Waals surface area contributed by atoms with Crippen LogP contribution in [0.2, 0.25) is 0 Å². The van der Waals surface area contributed by atoms with Crippen molar-refractivity contribution in [1.82, 2.24) is 24.5 Å². The van der Waals surface area contributed by atoms with Crippen molar-refractivity contribution in [3.05, 3.63) is 23.8 Å². The van der Waals surface area contributed by atoms with Gasteiger partial charge in [-0.15, -0.1) is 0 Å². The molecule has 144 valence electrons. The Kier molecular flexibility index (Phi) is 4.09. The second kappa shape index (κ2) is 6.49. The molecule has 0 spiro atoms. The summed E-state index contributed by atoms with van der Waals surface area (Å²) in [4.78, 5) is 23.4. The summed E-state index contributed by atoms with van der Waals surface area (Å²) < 4.78 is 28.0. The molecule has 0 N–H and O–H groups in total. The minimum absolute atomic E-state index is 0.0253. The van der Waals surface area contributed by atoms with Gasteiger partial charge in [0.05, 0.1) is 5.69 Å². The van der Waals surface area contributed by atoms with Crippen LogP contribution in [0.15, 0.2) is 12.4 Å². The van der Waals surface area contributed by atoms with Gasteiger partial charge in [0.1, 0.15) is 12.0 Å². The van der Waals surface area contributed by atoms with Gasteiger partial charge < -0.3 is 4.90 Å². The Balaban J connectivity index is 1.37. The largest absolute Gasteiger partial charge is 0.342 e. The summed E-state index contributed by atoms with van der Waals surface area (Å²) >= 11 is 0. The number of amides is 1. The zero-order valence-electron chi connectivity index (χ0n) is 15.1. The monoisotopic (exact) mass is 375 g/mol. The predicted octanol–water partition coefficient (Wildman–Crippen LogP) is 3.20. The average molecular weight is 375 g/mol. The molecule has 3 atom stereocenters. The number of carbonyl (C=O) groups excluding carboxylic acids is 1. The van der Waals surface area contributed by atoms with E-state index >= 15 is 0 Å². The molecule has 6 nitrogen and oxygen atoms in total. The van der Waals surface area contributed by atoms with Crippen molar-refractivity contribution in [2.75, 3.05) is 13.1 Å². The van der Waals surface area contributed by atoms with Crippen molar-refractivity contribution < 1.29 is 13.6 Å². The van der Waals surface area contributed by atoms with Crippen LogP contribution in [0.4, 0.5) is 8.78 Å². The highest BCUT2D eigenvalue weighted by molar-refractivity contribution is 5.82. The number of rotatable bonds is 3. The molecule has 2 saturated carbocycles. The Bertz CT molecular complexity index is 857. The van der Waals surface area contributed by atoms with E-state index in [1.165, 1.54) is 38.1 Å². The molecule has 1 aliphatic heterocycles. The number of halogens is 2. The van der Waals surface area contributed by atoms with Crippen LogP contribution in [0, 0.1) is 17.8 Å². The van der Waals surface area contributed by atoms with Crippen LogP contribution in [0.1, 0.15) is 62.3 Å². The summed E-state index contributed by atoms with van der Waals surface area (Å²) in [5.41, 5.74) is 0.403. The van der Waals surface area contributed by atoms with E-state index < -0.39 is 6.43 Å². The van der Waals surface area contributed by atoms with E-state index in [9.17, 15) is 13.6 Å². The van der Waals surface area contributed by atoms with Crippen LogP contribution >= 0.6 is 0 Å². The number of alkyl halides is 2. The lowest BCUT2D eigenvalue weighted by molar-refractivity contribution is -0.134. The van der Waals surface area contributed by atoms with Crippen molar-refractivity contribution in [3.63, 3.8) is 0 Å². The minimum atomic E-state index is -2.65. The van der Waals surface area contributed by atoms with Crippen molar-refractivity contribution in [3.8, 4) is 0 Å². The number of carbonyl (C=O) groups is 1. The van der Waals surface area contributed by atoms with Gasteiger partial charge >= 0.3 is 0 Å². The van der Waals surface area contributed by atoms with Gasteiger partial charge in [-0.2, -0.15) is 14.6 Å². The number of fused-ring (bicyclic) bond motifs is 2. The maximum absolute atomic E-state index is 13.4. The van der Waals surface area contributed by atoms with Crippen LogP contribution in [0.3, 0.4) is 0 Å². The SMILES string of the molecule is O=C(C1C2CCCCC21)N1CCCC(c2cc(C(F)F)n3ncnc3n2)C1. The molecule has 0 bridgehead atoms. The summed E-state index contributed by atoms with van der Waals surface area (Å²) in [5.74, 6) is 1.82. The zero-order valence-corrected chi connectivity index (χ0v) is 15.1. The van der Waals surface area contributed by atoms with Gasteiger partial charge in [-0.3, -0.25) is 4.79 Å². The van der Waals surface area contributed by atoms with Crippen LogP contribution in [0.25, 0.3) is 5.78 Å². The Hall–Kier alpha value is -2.12. The first-order valence-corrected chi connectivity index (χ1v) is 9.91. The van der Waals surface area contributed by atoms with E-state index in [2.05, 4.69) is 15.1 Å². The molecule has 5 rings (SSSR count). The van der Waals surface area contributed by atoms with Crippen LogP contribution < -0.4 is 0 Å². The first kappa shape index (κ1) is 17.0. The van der Waals surface area contributed by atoms with E-state index in [1.807, 2.05) is 4.90 Å². The number of hydrogen-bond donors (Lipinski definition) is 0. The Morgan fingerprint density at radius 2 is 1.93 bits per heavy atom. The number of hydrogen-bond acceptors (Lipinski definition) is 4. The van der Waals surface area contributed by atoms with Crippen LogP contribution in [-0.4, -0.2) is 43.5 Å². The topological polar surface area (TPSA) is 63.4 Å². The molecule has 3 unspecified atom stereocenters. The van der Waals surface area contributed by atoms with Crippen LogP contribution in [-0.2, 0) is 4.79 Å². The van der Waals surface area contributed by atoms with Gasteiger partial charge in [0.15, 0.2) is 0 Å². The normalized spacial score (nSPS) is 30.6. The highest BCUT2D eigenvalue weighted by Gasteiger charge is 2.56. The van der Waals surface area contributed by atoms with Crippen molar-refractivity contribution in [1.29, 1.82) is 0 Å². The number of aromatic nitrogens is 4. The zero-order chi connectivity index (χ0) is 18.5. The van der Waals surface area contributed by atoms with Crippen molar-refractivity contribution in [2.45, 2.75) is 50.9 Å². The summed E-state index contributed by atoms with van der Waals surface area (Å²) in [5, 5.41) is 3.84. The third-order valence-corrected chi connectivity index (χ3v) is 6.62. The minimum Gasteiger partial charge on any atom is -0.342 e. The van der Waals surface area contributed by atoms with E-state index in [1.54, 1.807) is 0 Å². The Morgan fingerprint density at radius 1 is 1.15 bits per heavy atom. The van der Waals surface area contributed by atoms with Gasteiger partial charge in [0.25, 0.3) is 12.2 Å². The third-order valence-electron chi connectivity index (χ3n) is 6.62. The van der Waals surface area contributed by atoms with Crippen LogP contribution in [0.5, 0.6) is 0 Å². The highest BCUT2D eigenvalue weighted by Crippen LogP contribution is 2.56. The summed E-state index contributed by atoms with van der Waals surface area (Å²) in [6, 6.07) is 1.43. The second-order valence-electron chi connectivity index (χ2n) is 8.14. The fourth-order valence-electron chi connectivity index (χ4n) is 5.21. The second-order valence-corrected chi connectivity index (χ2v) is 8.14. The smallest absolute Gasteiger partial charge is 0.280 e. The standard InChI is InChI=1S/C19H23F2N5O/c20-17(21)15-8-14(24-19-22-10-23-26(15)19)11-4-3-7-25(9-11)18(27)16-12-5-1-2-6-13(12)16/h8,10-13,16-17H,1-7,9H2. The first-order valence-electron chi connectivity index (χ1n) is 9.91. The summed E-state index contributed by atoms with van der Waals surface area (Å²) in [7, 11) is 0. The Labute approximate surface area is 156 Å². The van der Waals surface area contributed by atoms with Gasteiger partial charge in [0.2, 0.25) is 5.91 Å². The molecule has 27 heavy (non-hydrogen) atoms. The molecule has 2 aromatic heterocycles. The van der Waals surface area contributed by atoms with E-state index in [0.717, 1.165) is 23.9 Å². The van der Waals surface area contributed by atoms with Gasteiger partial charge in [-0.05, 0) is 43.6 Å². The molecule has 1 amide bonds. The maximum atomic E-state index is 13.4. The number of likely N-dealkylation sites (tertiary alicyclic amines) is 1. The molecule has 3 fully saturated rings. The number of piperidine rings is 1. The Morgan fingerprint density at radius 3 is 2.67 bits per heavy atom. The molecule has 0 aromatic carbocycles. The third kappa shape index (κ3) is 2.89. The lowest BCUT2D eigenvalue weighted by Gasteiger charge is -2.33. The predicted molar refractivity (Wildman–Crippen MR) is 93.2 cm³/mol. The molecule has 0 radical (unpaired) electrons. The highest BCUT2D eigenvalue weighted by atomic mass is 19.3. The molecule has 2 aromatic rings. The molecular formula is C19H23F2N5O. The van der Waals surface area contributed by atoms with Gasteiger partial charge in [0, 0.05) is 24.9 Å². The number of nitrogens with zero attached hydrogens (tertiary/aromatic N) is 5. The lowest BCUT2D eigenvalue weighted by atomic mass is 9.93. The molecule has 2 aliphatic carbocycles. The first-order chi connectivity index (χ1) is 13.1. The fourth-order valence-corrected chi connectivity index (χ4v) is 5.21. The molecule has 8 heteroatoms. The quantitative estimate of drug-likeness (QED) is 0.826. The van der Waals surface area contributed by atoms with E-state index in [4.69, 9.17) is 0 Å². The van der Waals surface area contributed by atoms with E-state index in [0.29, 0.717) is 24.1 Å². The van der Waals surface area contributed by atoms with Gasteiger partial charge in [-0.1, -0.05) is 12.8 Å². The fraction of sp³-hybridized carbons (Fsp3) is 0.684. The molecular weight excluding hydrogens is 352 g/mol. The van der Waals surface area contributed by atoms with Crippen molar-refractivity contribution in [2.24, 2.45) is 17.8 Å². The van der Waals surface area contributed by atoms with E-state index in [-0.39, 0.29) is 29.2 Å². The summed E-state index contributed by atoms with van der Waals surface area (Å²) in [6.07, 6.45) is 5.17.